The molecule has 1 fully saturated rings. The molecule has 1 aromatic carbocycles. The number of hydrogen-bond donors (Lipinski definition) is 1. The average molecular weight is 299 g/mol. The van der Waals surface area contributed by atoms with Crippen molar-refractivity contribution in [1.82, 2.24) is 4.90 Å². The third-order valence-corrected chi connectivity index (χ3v) is 3.96. The van der Waals surface area contributed by atoms with Crippen LogP contribution in [0, 0.1) is 5.82 Å². The highest BCUT2D eigenvalue weighted by Crippen LogP contribution is 2.22. The summed E-state index contributed by atoms with van der Waals surface area (Å²) in [5, 5.41) is 9.05. The molecule has 0 radical (unpaired) electrons. The monoisotopic (exact) mass is 299 g/mol. The lowest BCUT2D eigenvalue weighted by Gasteiger charge is -2.32. The van der Waals surface area contributed by atoms with Crippen LogP contribution in [0.1, 0.15) is 0 Å². The third kappa shape index (κ3) is 3.49. The molecule has 7 heteroatoms. The molecule has 5 nitrogen and oxygen atoms in total. The molecule has 108 valence electrons. The molecular formula is C13H14FNO4S. The van der Waals surface area contributed by atoms with E-state index >= 15 is 0 Å². The lowest BCUT2D eigenvalue weighted by atomic mass is 10.2. The quantitative estimate of drug-likeness (QED) is 0.847. The number of carboxylic acids is 1. The standard InChI is InChI=1S/C13H14FNO4S/c14-9-3-1-2-4-11(9)20-8-12(16)15-5-6-19-7-10(15)13(17)18/h1-4,10H,5-8H2,(H,17,18). The van der Waals surface area contributed by atoms with Gasteiger partial charge in [-0.2, -0.15) is 0 Å². The Bertz CT molecular complexity index is 511. The first-order chi connectivity index (χ1) is 9.59. The van der Waals surface area contributed by atoms with E-state index in [1.54, 1.807) is 18.2 Å². The zero-order valence-corrected chi connectivity index (χ0v) is 11.4. The largest absolute Gasteiger partial charge is 0.480 e. The van der Waals surface area contributed by atoms with Gasteiger partial charge in [-0.3, -0.25) is 4.79 Å². The summed E-state index contributed by atoms with van der Waals surface area (Å²) in [4.78, 5) is 24.8. The van der Waals surface area contributed by atoms with Gasteiger partial charge in [-0.15, -0.1) is 11.8 Å². The number of morpholine rings is 1. The minimum atomic E-state index is -1.09. The van der Waals surface area contributed by atoms with Gasteiger partial charge in [0, 0.05) is 11.4 Å². The number of amides is 1. The average Bonchev–Trinajstić information content (AvgIpc) is 2.46. The molecule has 0 aliphatic carbocycles. The number of carbonyl (C=O) groups excluding carboxylic acids is 1. The molecule has 2 rings (SSSR count). The van der Waals surface area contributed by atoms with Crippen molar-refractivity contribution in [2.75, 3.05) is 25.5 Å². The van der Waals surface area contributed by atoms with Gasteiger partial charge in [-0.25, -0.2) is 9.18 Å². The van der Waals surface area contributed by atoms with Gasteiger partial charge in [0.2, 0.25) is 5.91 Å². The number of rotatable bonds is 4. The van der Waals surface area contributed by atoms with Crippen LogP contribution in [-0.2, 0) is 14.3 Å². The number of aliphatic carboxylic acids is 1. The smallest absolute Gasteiger partial charge is 0.328 e. The Morgan fingerprint density at radius 1 is 1.45 bits per heavy atom. The van der Waals surface area contributed by atoms with E-state index in [0.717, 1.165) is 11.8 Å². The van der Waals surface area contributed by atoms with Crippen molar-refractivity contribution in [1.29, 1.82) is 0 Å². The van der Waals surface area contributed by atoms with E-state index in [9.17, 15) is 14.0 Å². The Labute approximate surface area is 119 Å². The van der Waals surface area contributed by atoms with Crippen LogP contribution in [-0.4, -0.2) is 53.4 Å². The predicted octanol–water partition coefficient (Wildman–Crippen LogP) is 1.23. The Balaban J connectivity index is 1.97. The molecule has 0 aromatic heterocycles. The van der Waals surface area contributed by atoms with E-state index in [1.807, 2.05) is 0 Å². The fourth-order valence-electron chi connectivity index (χ4n) is 1.89. The van der Waals surface area contributed by atoms with E-state index in [0.29, 0.717) is 11.5 Å². The molecule has 1 aliphatic heterocycles. The third-order valence-electron chi connectivity index (χ3n) is 2.92. The van der Waals surface area contributed by atoms with Crippen LogP contribution < -0.4 is 0 Å². The van der Waals surface area contributed by atoms with Crippen LogP contribution in [0.25, 0.3) is 0 Å². The van der Waals surface area contributed by atoms with Crippen LogP contribution >= 0.6 is 11.8 Å². The molecule has 1 amide bonds. The number of thioether (sulfide) groups is 1. The van der Waals surface area contributed by atoms with Gasteiger partial charge in [0.1, 0.15) is 5.82 Å². The molecular weight excluding hydrogens is 285 g/mol. The highest BCUT2D eigenvalue weighted by molar-refractivity contribution is 8.00. The van der Waals surface area contributed by atoms with Gasteiger partial charge in [-0.1, -0.05) is 12.1 Å². The summed E-state index contributed by atoms with van der Waals surface area (Å²) >= 11 is 1.06. The lowest BCUT2D eigenvalue weighted by Crippen LogP contribution is -2.53. The number of hydrogen-bond acceptors (Lipinski definition) is 4. The van der Waals surface area contributed by atoms with Crippen molar-refractivity contribution < 1.29 is 23.8 Å². The van der Waals surface area contributed by atoms with Gasteiger partial charge < -0.3 is 14.7 Å². The van der Waals surface area contributed by atoms with Gasteiger partial charge in [-0.05, 0) is 12.1 Å². The summed E-state index contributed by atoms with van der Waals surface area (Å²) in [5.74, 6) is -1.80. The highest BCUT2D eigenvalue weighted by Gasteiger charge is 2.32. The second-order valence-electron chi connectivity index (χ2n) is 4.24. The fourth-order valence-corrected chi connectivity index (χ4v) is 2.72. The number of halogens is 1. The van der Waals surface area contributed by atoms with E-state index < -0.39 is 12.0 Å². The van der Waals surface area contributed by atoms with Crippen molar-refractivity contribution in [3.05, 3.63) is 30.1 Å². The molecule has 1 atom stereocenters. The number of ether oxygens (including phenoxy) is 1. The molecule has 1 heterocycles. The zero-order chi connectivity index (χ0) is 14.5. The normalized spacial score (nSPS) is 18.9. The summed E-state index contributed by atoms with van der Waals surface area (Å²) in [6.07, 6.45) is 0. The van der Waals surface area contributed by atoms with E-state index in [-0.39, 0.29) is 30.6 Å². The van der Waals surface area contributed by atoms with Crippen molar-refractivity contribution in [3.63, 3.8) is 0 Å². The molecule has 1 unspecified atom stereocenters. The molecule has 1 aliphatic rings. The maximum absolute atomic E-state index is 13.4. The summed E-state index contributed by atoms with van der Waals surface area (Å²) in [6.45, 7) is 0.555. The summed E-state index contributed by atoms with van der Waals surface area (Å²) < 4.78 is 18.5. The first-order valence-corrected chi connectivity index (χ1v) is 7.05. The molecule has 0 bridgehead atoms. The van der Waals surface area contributed by atoms with Crippen LogP contribution in [0.4, 0.5) is 4.39 Å². The highest BCUT2D eigenvalue weighted by atomic mass is 32.2. The van der Waals surface area contributed by atoms with Crippen molar-refractivity contribution in [3.8, 4) is 0 Å². The Hall–Kier alpha value is -1.60. The first kappa shape index (κ1) is 14.8. The number of carbonyl (C=O) groups is 2. The predicted molar refractivity (Wildman–Crippen MR) is 71.1 cm³/mol. The number of carboxylic acid groups (broad SMARTS) is 1. The topological polar surface area (TPSA) is 66.8 Å². The lowest BCUT2D eigenvalue weighted by molar-refractivity contribution is -0.157. The van der Waals surface area contributed by atoms with Crippen molar-refractivity contribution >= 4 is 23.6 Å². The second kappa shape index (κ2) is 6.71. The number of benzene rings is 1. The Kier molecular flexibility index (Phi) is 4.97. The van der Waals surface area contributed by atoms with Gasteiger partial charge in [0.15, 0.2) is 6.04 Å². The maximum atomic E-state index is 13.4. The van der Waals surface area contributed by atoms with Crippen molar-refractivity contribution in [2.45, 2.75) is 10.9 Å². The van der Waals surface area contributed by atoms with E-state index in [2.05, 4.69) is 0 Å². The SMILES string of the molecule is O=C(O)C1COCCN1C(=O)CSc1ccccc1F. The van der Waals surface area contributed by atoms with Gasteiger partial charge in [0.25, 0.3) is 0 Å². The second-order valence-corrected chi connectivity index (χ2v) is 5.25. The minimum Gasteiger partial charge on any atom is -0.480 e. The van der Waals surface area contributed by atoms with Crippen LogP contribution in [0.15, 0.2) is 29.2 Å². The van der Waals surface area contributed by atoms with E-state index in [1.165, 1.54) is 11.0 Å². The summed E-state index contributed by atoms with van der Waals surface area (Å²) in [6, 6.07) is 5.20. The fraction of sp³-hybridized carbons (Fsp3) is 0.385. The zero-order valence-electron chi connectivity index (χ0n) is 10.6. The van der Waals surface area contributed by atoms with Gasteiger partial charge >= 0.3 is 5.97 Å². The maximum Gasteiger partial charge on any atom is 0.328 e. The first-order valence-electron chi connectivity index (χ1n) is 6.07. The van der Waals surface area contributed by atoms with E-state index in [4.69, 9.17) is 9.84 Å². The van der Waals surface area contributed by atoms with Crippen LogP contribution in [0.2, 0.25) is 0 Å². The molecule has 1 aromatic rings. The molecule has 0 saturated carbocycles. The van der Waals surface area contributed by atoms with Crippen molar-refractivity contribution in [2.24, 2.45) is 0 Å². The van der Waals surface area contributed by atoms with Crippen LogP contribution in [0.5, 0.6) is 0 Å². The number of nitrogens with zero attached hydrogens (tertiary/aromatic N) is 1. The van der Waals surface area contributed by atoms with Gasteiger partial charge in [0.05, 0.1) is 19.0 Å². The summed E-state index contributed by atoms with van der Waals surface area (Å²) in [7, 11) is 0. The molecule has 1 saturated heterocycles. The molecule has 20 heavy (non-hydrogen) atoms. The van der Waals surface area contributed by atoms with Crippen LogP contribution in [0.3, 0.4) is 0 Å². The summed E-state index contributed by atoms with van der Waals surface area (Å²) in [5.41, 5.74) is 0. The molecule has 1 N–H and O–H groups in total. The Morgan fingerprint density at radius 3 is 2.90 bits per heavy atom. The molecule has 0 spiro atoms. The minimum absolute atomic E-state index is 0.00468. The Morgan fingerprint density at radius 2 is 2.20 bits per heavy atom.